The molecule has 0 atom stereocenters. The number of hydrogen-bond acceptors (Lipinski definition) is 3. The number of nitrogens with one attached hydrogen (secondary N) is 3. The summed E-state index contributed by atoms with van der Waals surface area (Å²) in [5, 5.41) is 6.87. The second kappa shape index (κ2) is 7.61. The fraction of sp³-hybridized carbons (Fsp3) is 0.286. The minimum atomic E-state index is -0.365. The largest absolute Gasteiger partial charge is 0.361 e. The first-order chi connectivity index (χ1) is 12.8. The molecule has 0 radical (unpaired) electrons. The smallest absolute Gasteiger partial charge is 0.270 e. The van der Waals surface area contributed by atoms with Crippen LogP contribution in [0.4, 0.5) is 0 Å². The van der Waals surface area contributed by atoms with E-state index in [9.17, 15) is 9.59 Å². The second-order valence-electron chi connectivity index (χ2n) is 7.48. The van der Waals surface area contributed by atoms with E-state index < -0.39 is 0 Å². The maximum absolute atomic E-state index is 12.4. The molecule has 2 amide bonds. The van der Waals surface area contributed by atoms with Gasteiger partial charge in [0.05, 0.1) is 0 Å². The number of fused-ring (bicyclic) bond motifs is 1. The first-order valence-electron chi connectivity index (χ1n) is 8.96. The van der Waals surface area contributed by atoms with E-state index in [0.717, 1.165) is 16.5 Å². The summed E-state index contributed by atoms with van der Waals surface area (Å²) in [4.78, 5) is 32.0. The zero-order valence-corrected chi connectivity index (χ0v) is 15.8. The third-order valence-electron chi connectivity index (χ3n) is 4.06. The van der Waals surface area contributed by atoms with Crippen LogP contribution in [0.5, 0.6) is 0 Å². The molecule has 6 nitrogen and oxygen atoms in total. The van der Waals surface area contributed by atoms with Crippen LogP contribution in [0.2, 0.25) is 0 Å². The fourth-order valence-corrected chi connectivity index (χ4v) is 2.83. The lowest BCUT2D eigenvalue weighted by Gasteiger charge is -2.20. The lowest BCUT2D eigenvalue weighted by Crippen LogP contribution is -2.41. The summed E-state index contributed by atoms with van der Waals surface area (Å²) < 4.78 is 0. The van der Waals surface area contributed by atoms with Gasteiger partial charge in [0.1, 0.15) is 11.4 Å². The molecule has 3 rings (SSSR count). The highest BCUT2D eigenvalue weighted by Crippen LogP contribution is 2.17. The summed E-state index contributed by atoms with van der Waals surface area (Å²) in [7, 11) is 0. The number of aromatic amines is 1. The lowest BCUT2D eigenvalue weighted by molar-refractivity contribution is 0.0914. The molecule has 6 heteroatoms. The molecule has 0 saturated heterocycles. The minimum Gasteiger partial charge on any atom is -0.361 e. The van der Waals surface area contributed by atoms with Crippen molar-refractivity contribution in [2.75, 3.05) is 6.54 Å². The van der Waals surface area contributed by atoms with Crippen LogP contribution >= 0.6 is 0 Å². The van der Waals surface area contributed by atoms with Crippen molar-refractivity contribution in [2.45, 2.75) is 32.7 Å². The van der Waals surface area contributed by atoms with Crippen molar-refractivity contribution < 1.29 is 9.59 Å². The van der Waals surface area contributed by atoms with E-state index in [1.165, 1.54) is 0 Å². The minimum absolute atomic E-state index is 0.231. The molecule has 27 heavy (non-hydrogen) atoms. The Hall–Kier alpha value is -3.15. The van der Waals surface area contributed by atoms with Gasteiger partial charge < -0.3 is 15.6 Å². The van der Waals surface area contributed by atoms with Gasteiger partial charge in [-0.25, -0.2) is 4.98 Å². The van der Waals surface area contributed by atoms with Crippen LogP contribution in [0.25, 0.3) is 10.9 Å². The molecular weight excluding hydrogens is 340 g/mol. The molecule has 140 valence electrons. The first kappa shape index (κ1) is 18.6. The van der Waals surface area contributed by atoms with Crippen LogP contribution in [0.1, 0.15) is 47.3 Å². The Morgan fingerprint density at radius 2 is 1.70 bits per heavy atom. The Kier molecular flexibility index (Phi) is 5.26. The average Bonchev–Trinajstić information content (AvgIpc) is 3.04. The van der Waals surface area contributed by atoms with Gasteiger partial charge in [-0.2, -0.15) is 0 Å². The number of rotatable bonds is 5. The molecule has 2 heterocycles. The van der Waals surface area contributed by atoms with Crippen molar-refractivity contribution in [1.82, 2.24) is 20.6 Å². The normalized spacial score (nSPS) is 11.4. The van der Waals surface area contributed by atoms with Gasteiger partial charge >= 0.3 is 0 Å². The van der Waals surface area contributed by atoms with Crippen molar-refractivity contribution >= 4 is 22.7 Å². The van der Waals surface area contributed by atoms with Crippen molar-refractivity contribution in [3.05, 3.63) is 65.6 Å². The number of hydrogen-bond donors (Lipinski definition) is 3. The van der Waals surface area contributed by atoms with E-state index in [1.54, 1.807) is 18.2 Å². The summed E-state index contributed by atoms with van der Waals surface area (Å²) in [5.74, 6) is -0.587. The molecule has 1 aromatic carbocycles. The maximum Gasteiger partial charge on any atom is 0.270 e. The van der Waals surface area contributed by atoms with Gasteiger partial charge in [0.2, 0.25) is 0 Å². The average molecular weight is 364 g/mol. The fourth-order valence-electron chi connectivity index (χ4n) is 2.83. The number of benzene rings is 1. The SMILES string of the molecule is CC(C)(C)NC(=O)c1cccc(C(=O)NCCc2c[nH]c3ccccc23)n1. The Labute approximate surface area is 158 Å². The number of carbonyl (C=O) groups is 2. The first-order valence-corrected chi connectivity index (χ1v) is 8.96. The highest BCUT2D eigenvalue weighted by molar-refractivity contribution is 5.96. The van der Waals surface area contributed by atoms with Gasteiger partial charge in [-0.3, -0.25) is 9.59 Å². The predicted octanol–water partition coefficient (Wildman–Crippen LogP) is 3.06. The van der Waals surface area contributed by atoms with E-state index in [0.29, 0.717) is 13.0 Å². The zero-order chi connectivity index (χ0) is 19.4. The molecule has 0 bridgehead atoms. The molecule has 0 aliphatic heterocycles. The van der Waals surface area contributed by atoms with E-state index in [1.807, 2.05) is 45.2 Å². The van der Waals surface area contributed by atoms with Crippen LogP contribution in [-0.4, -0.2) is 33.9 Å². The molecule has 0 aliphatic rings. The second-order valence-corrected chi connectivity index (χ2v) is 7.48. The highest BCUT2D eigenvalue weighted by Gasteiger charge is 2.17. The van der Waals surface area contributed by atoms with E-state index in [2.05, 4.69) is 26.7 Å². The predicted molar refractivity (Wildman–Crippen MR) is 106 cm³/mol. The molecule has 0 spiro atoms. The van der Waals surface area contributed by atoms with E-state index in [4.69, 9.17) is 0 Å². The zero-order valence-electron chi connectivity index (χ0n) is 15.8. The Morgan fingerprint density at radius 3 is 2.44 bits per heavy atom. The quantitative estimate of drug-likeness (QED) is 0.650. The molecule has 2 aromatic heterocycles. The van der Waals surface area contributed by atoms with Crippen LogP contribution in [0.3, 0.4) is 0 Å². The molecular formula is C21H24N4O2. The summed E-state index contributed by atoms with van der Waals surface area (Å²) in [5.41, 5.74) is 2.33. The van der Waals surface area contributed by atoms with Gasteiger partial charge in [-0.1, -0.05) is 24.3 Å². The van der Waals surface area contributed by atoms with Crippen molar-refractivity contribution in [2.24, 2.45) is 0 Å². The van der Waals surface area contributed by atoms with Crippen LogP contribution in [-0.2, 0) is 6.42 Å². The number of carbonyl (C=O) groups excluding carboxylic acids is 2. The number of para-hydroxylation sites is 1. The van der Waals surface area contributed by atoms with Crippen molar-refractivity contribution in [3.8, 4) is 0 Å². The van der Waals surface area contributed by atoms with E-state index in [-0.39, 0.29) is 28.7 Å². The monoisotopic (exact) mass is 364 g/mol. The van der Waals surface area contributed by atoms with E-state index >= 15 is 0 Å². The Bertz CT molecular complexity index is 969. The number of H-pyrrole nitrogens is 1. The highest BCUT2D eigenvalue weighted by atomic mass is 16.2. The standard InChI is InChI=1S/C21H24N4O2/c1-21(2,3)25-20(27)18-10-6-9-17(24-18)19(26)22-12-11-14-13-23-16-8-5-4-7-15(14)16/h4-10,13,23H,11-12H2,1-3H3,(H,22,26)(H,25,27). The van der Waals surface area contributed by atoms with Crippen molar-refractivity contribution in [1.29, 1.82) is 0 Å². The Balaban J connectivity index is 1.61. The van der Waals surface area contributed by atoms with Gasteiger partial charge in [-0.15, -0.1) is 0 Å². The van der Waals surface area contributed by atoms with Crippen LogP contribution in [0.15, 0.2) is 48.7 Å². The molecule has 3 N–H and O–H groups in total. The number of pyridine rings is 1. The third kappa shape index (κ3) is 4.73. The lowest BCUT2D eigenvalue weighted by atomic mass is 10.1. The molecule has 0 saturated carbocycles. The van der Waals surface area contributed by atoms with Gasteiger partial charge in [0, 0.05) is 29.2 Å². The van der Waals surface area contributed by atoms with Crippen LogP contribution < -0.4 is 10.6 Å². The molecule has 3 aromatic rings. The number of nitrogens with zero attached hydrogens (tertiary/aromatic N) is 1. The third-order valence-corrected chi connectivity index (χ3v) is 4.06. The van der Waals surface area contributed by atoms with Crippen LogP contribution in [0, 0.1) is 0 Å². The maximum atomic E-state index is 12.4. The Morgan fingerprint density at radius 1 is 1.00 bits per heavy atom. The summed E-state index contributed by atoms with van der Waals surface area (Å²) >= 11 is 0. The van der Waals surface area contributed by atoms with Gasteiger partial charge in [-0.05, 0) is 51.0 Å². The molecule has 0 aliphatic carbocycles. The summed E-state index contributed by atoms with van der Waals surface area (Å²) in [6, 6.07) is 12.9. The molecule has 0 unspecified atom stereocenters. The van der Waals surface area contributed by atoms with Gasteiger partial charge in [0.15, 0.2) is 0 Å². The van der Waals surface area contributed by atoms with Crippen molar-refractivity contribution in [3.63, 3.8) is 0 Å². The number of amides is 2. The topological polar surface area (TPSA) is 86.9 Å². The number of aromatic nitrogens is 2. The summed E-state index contributed by atoms with van der Waals surface area (Å²) in [6.07, 6.45) is 2.67. The summed E-state index contributed by atoms with van der Waals surface area (Å²) in [6.45, 7) is 6.17. The molecule has 0 fully saturated rings. The van der Waals surface area contributed by atoms with Gasteiger partial charge in [0.25, 0.3) is 11.8 Å².